The van der Waals surface area contributed by atoms with Crippen LogP contribution in [0.1, 0.15) is 19.4 Å². The number of hydrogen-bond donors (Lipinski definition) is 1. The van der Waals surface area contributed by atoms with Gasteiger partial charge in [0.1, 0.15) is 11.3 Å². The first-order valence-corrected chi connectivity index (χ1v) is 7.65. The van der Waals surface area contributed by atoms with E-state index in [1.807, 2.05) is 26.0 Å². The molecule has 124 valence electrons. The van der Waals surface area contributed by atoms with Crippen molar-refractivity contribution in [2.45, 2.75) is 20.3 Å². The molecule has 0 saturated carbocycles. The SMILES string of the molecule is COc1ccc2ccc(=O)oc2c1CC=C(C)C.NN=S(=O)=O. The third-order valence-electron chi connectivity index (χ3n) is 2.87. The molecule has 0 atom stereocenters. The lowest BCUT2D eigenvalue weighted by Gasteiger charge is -2.09. The monoisotopic (exact) mass is 338 g/mol. The second-order valence-electron chi connectivity index (χ2n) is 4.73. The van der Waals surface area contributed by atoms with Crippen LogP contribution in [0.15, 0.2) is 49.6 Å². The van der Waals surface area contributed by atoms with E-state index in [4.69, 9.17) is 17.6 Å². The van der Waals surface area contributed by atoms with Crippen LogP contribution in [0.5, 0.6) is 5.75 Å². The maximum absolute atomic E-state index is 11.4. The highest BCUT2D eigenvalue weighted by atomic mass is 32.2. The van der Waals surface area contributed by atoms with Crippen molar-refractivity contribution in [3.8, 4) is 5.75 Å². The summed E-state index contributed by atoms with van der Waals surface area (Å²) < 4.78 is 31.1. The molecule has 1 heterocycles. The van der Waals surface area contributed by atoms with Gasteiger partial charge in [-0.25, -0.2) is 10.6 Å². The molecule has 0 aliphatic rings. The fourth-order valence-electron chi connectivity index (χ4n) is 1.86. The smallest absolute Gasteiger partial charge is 0.336 e. The summed E-state index contributed by atoms with van der Waals surface area (Å²) in [6.45, 7) is 4.07. The largest absolute Gasteiger partial charge is 0.496 e. The first-order chi connectivity index (χ1) is 10.9. The summed E-state index contributed by atoms with van der Waals surface area (Å²) >= 11 is 0. The molecular formula is C15H18N2O5S. The van der Waals surface area contributed by atoms with Crippen LogP contribution in [0.2, 0.25) is 0 Å². The number of rotatable bonds is 3. The zero-order chi connectivity index (χ0) is 17.4. The molecule has 1 aromatic carbocycles. The molecule has 0 amide bonds. The van der Waals surface area contributed by atoms with Crippen LogP contribution in [-0.2, 0) is 16.9 Å². The second kappa shape index (κ2) is 8.86. The van der Waals surface area contributed by atoms with Crippen LogP contribution < -0.4 is 16.2 Å². The van der Waals surface area contributed by atoms with Gasteiger partial charge < -0.3 is 9.15 Å². The Morgan fingerprint density at radius 1 is 1.30 bits per heavy atom. The second-order valence-corrected chi connectivity index (χ2v) is 5.37. The average Bonchev–Trinajstić information content (AvgIpc) is 2.52. The number of fused-ring (bicyclic) bond motifs is 1. The van der Waals surface area contributed by atoms with Crippen molar-refractivity contribution < 1.29 is 17.6 Å². The molecule has 0 radical (unpaired) electrons. The standard InChI is InChI=1S/C15H16O3.H2N2O2S/c1-10(2)4-7-12-13(17-3)8-5-11-6-9-14(16)18-15(11)12;1-2-5(3)4/h4-6,8-9H,7H2,1-3H3;1H2. The highest BCUT2D eigenvalue weighted by molar-refractivity contribution is 7.61. The molecule has 2 aromatic rings. The van der Waals surface area contributed by atoms with Gasteiger partial charge in [-0.05, 0) is 38.5 Å². The van der Waals surface area contributed by atoms with E-state index in [-0.39, 0.29) is 5.63 Å². The molecule has 2 N–H and O–H groups in total. The minimum Gasteiger partial charge on any atom is -0.496 e. The topological polar surface area (TPSA) is 112 Å². The summed E-state index contributed by atoms with van der Waals surface area (Å²) in [5, 5.41) is 0.910. The van der Waals surface area contributed by atoms with Gasteiger partial charge in [-0.15, -0.1) is 0 Å². The van der Waals surface area contributed by atoms with Gasteiger partial charge in [0.05, 0.1) is 7.11 Å². The zero-order valence-electron chi connectivity index (χ0n) is 13.1. The molecule has 7 nitrogen and oxygen atoms in total. The Morgan fingerprint density at radius 3 is 2.43 bits per heavy atom. The molecular weight excluding hydrogens is 320 g/mol. The van der Waals surface area contributed by atoms with Crippen LogP contribution in [0.4, 0.5) is 0 Å². The average molecular weight is 338 g/mol. The summed E-state index contributed by atoms with van der Waals surface area (Å²) in [6, 6.07) is 6.99. The minimum absolute atomic E-state index is 0.339. The van der Waals surface area contributed by atoms with E-state index >= 15 is 0 Å². The molecule has 0 aliphatic carbocycles. The van der Waals surface area contributed by atoms with Crippen LogP contribution in [0.3, 0.4) is 0 Å². The van der Waals surface area contributed by atoms with Crippen molar-refractivity contribution in [2.75, 3.05) is 7.11 Å². The van der Waals surface area contributed by atoms with Gasteiger partial charge in [-0.3, -0.25) is 0 Å². The molecule has 23 heavy (non-hydrogen) atoms. The van der Waals surface area contributed by atoms with E-state index in [1.165, 1.54) is 11.6 Å². The van der Waals surface area contributed by atoms with Crippen LogP contribution in [0.25, 0.3) is 11.0 Å². The summed E-state index contributed by atoms with van der Waals surface area (Å²) in [5.74, 6) is 4.93. The lowest BCUT2D eigenvalue weighted by molar-refractivity contribution is 0.409. The van der Waals surface area contributed by atoms with Gasteiger partial charge in [0.2, 0.25) is 0 Å². The lowest BCUT2D eigenvalue weighted by atomic mass is 10.1. The maximum Gasteiger partial charge on any atom is 0.336 e. The first kappa shape index (κ1) is 18.6. The molecule has 0 unspecified atom stereocenters. The number of ether oxygens (including phenoxy) is 1. The van der Waals surface area contributed by atoms with Gasteiger partial charge in [-0.1, -0.05) is 16.1 Å². The fourth-order valence-corrected chi connectivity index (χ4v) is 1.86. The molecule has 0 aliphatic heterocycles. The Hall–Kier alpha value is -2.45. The summed E-state index contributed by atoms with van der Waals surface area (Å²) in [6.07, 6.45) is 2.78. The van der Waals surface area contributed by atoms with Crippen molar-refractivity contribution >= 4 is 21.5 Å². The van der Waals surface area contributed by atoms with Crippen LogP contribution in [-0.4, -0.2) is 15.5 Å². The van der Waals surface area contributed by atoms with Crippen molar-refractivity contribution in [1.82, 2.24) is 0 Å². The Morgan fingerprint density at radius 2 is 1.91 bits per heavy atom. The van der Waals surface area contributed by atoms with E-state index < -0.39 is 10.5 Å². The molecule has 0 saturated heterocycles. The molecule has 0 fully saturated rings. The molecule has 0 bridgehead atoms. The van der Waals surface area contributed by atoms with Crippen molar-refractivity contribution in [3.63, 3.8) is 0 Å². The first-order valence-electron chi connectivity index (χ1n) is 6.62. The highest BCUT2D eigenvalue weighted by Gasteiger charge is 2.09. The Bertz CT molecular complexity index is 886. The number of nitrogens with two attached hydrogens (primary N) is 1. The van der Waals surface area contributed by atoms with Gasteiger partial charge in [0.25, 0.3) is 0 Å². The number of benzene rings is 1. The molecule has 8 heteroatoms. The number of allylic oxidation sites excluding steroid dienone is 2. The highest BCUT2D eigenvalue weighted by Crippen LogP contribution is 2.28. The predicted octanol–water partition coefficient (Wildman–Crippen LogP) is 2.23. The Labute approximate surface area is 135 Å². The predicted molar refractivity (Wildman–Crippen MR) is 87.7 cm³/mol. The number of methoxy groups -OCH3 is 1. The molecule has 1 aromatic heterocycles. The maximum atomic E-state index is 11.4. The van der Waals surface area contributed by atoms with E-state index in [1.54, 1.807) is 13.2 Å². The third kappa shape index (κ3) is 5.68. The third-order valence-corrected chi connectivity index (χ3v) is 3.04. The fraction of sp³-hybridized carbons (Fsp3) is 0.267. The normalized spacial score (nSPS) is 9.57. The Kier molecular flexibility index (Phi) is 7.17. The van der Waals surface area contributed by atoms with Gasteiger partial charge in [-0.2, -0.15) is 8.42 Å². The lowest BCUT2D eigenvalue weighted by Crippen LogP contribution is -1.99. The van der Waals surface area contributed by atoms with Crippen molar-refractivity contribution in [2.24, 2.45) is 10.3 Å². The van der Waals surface area contributed by atoms with Gasteiger partial charge >= 0.3 is 16.1 Å². The summed E-state index contributed by atoms with van der Waals surface area (Å²) in [4.78, 5) is 11.4. The van der Waals surface area contributed by atoms with Crippen molar-refractivity contribution in [3.05, 3.63) is 51.9 Å². The van der Waals surface area contributed by atoms with Gasteiger partial charge in [0, 0.05) is 17.0 Å². The zero-order valence-corrected chi connectivity index (χ0v) is 13.9. The van der Waals surface area contributed by atoms with Crippen LogP contribution >= 0.6 is 0 Å². The van der Waals surface area contributed by atoms with E-state index in [2.05, 4.69) is 16.4 Å². The van der Waals surface area contributed by atoms with Crippen molar-refractivity contribution in [1.29, 1.82) is 0 Å². The summed E-state index contributed by atoms with van der Waals surface area (Å²) in [5.41, 5.74) is 2.40. The Balaban J connectivity index is 0.000000463. The molecule has 2 rings (SSSR count). The minimum atomic E-state index is -2.42. The number of nitrogens with zero attached hydrogens (tertiary/aromatic N) is 1. The van der Waals surface area contributed by atoms with E-state index in [9.17, 15) is 4.79 Å². The summed E-state index contributed by atoms with van der Waals surface area (Å²) in [7, 11) is -0.800. The molecule has 0 spiro atoms. The number of hydrogen-bond acceptors (Lipinski definition) is 6. The quantitative estimate of drug-likeness (QED) is 0.397. The van der Waals surface area contributed by atoms with E-state index in [0.717, 1.165) is 16.7 Å². The van der Waals surface area contributed by atoms with Gasteiger partial charge in [0.15, 0.2) is 0 Å². The van der Waals surface area contributed by atoms with E-state index in [0.29, 0.717) is 12.0 Å². The van der Waals surface area contributed by atoms with Crippen LogP contribution in [0, 0.1) is 0 Å².